The largest absolute Gasteiger partial charge is 0.382 e. The summed E-state index contributed by atoms with van der Waals surface area (Å²) in [6.45, 7) is 5.12. The van der Waals surface area contributed by atoms with Crippen molar-refractivity contribution in [3.8, 4) is 0 Å². The van der Waals surface area contributed by atoms with Gasteiger partial charge in [0.2, 0.25) is 0 Å². The zero-order chi connectivity index (χ0) is 11.3. The van der Waals surface area contributed by atoms with E-state index in [1.165, 1.54) is 4.88 Å². The number of rotatable bonds is 6. The lowest BCUT2D eigenvalue weighted by atomic mass is 10.1. The first-order chi connectivity index (χ1) is 7.19. The molecule has 2 nitrogen and oxygen atoms in total. The molecule has 0 spiro atoms. The summed E-state index contributed by atoms with van der Waals surface area (Å²) < 4.78 is 5.29. The quantitative estimate of drug-likeness (QED) is 0.831. The lowest BCUT2D eigenvalue weighted by Gasteiger charge is -2.20. The summed E-state index contributed by atoms with van der Waals surface area (Å²) >= 11 is 7.83. The van der Waals surface area contributed by atoms with Gasteiger partial charge >= 0.3 is 0 Å². The Bertz CT molecular complexity index is 290. The molecule has 2 unspecified atom stereocenters. The SMILES string of the molecule is CCNC(CC(C)OC)c1sccc1Cl. The van der Waals surface area contributed by atoms with E-state index in [1.54, 1.807) is 18.4 Å². The second kappa shape index (κ2) is 6.48. The summed E-state index contributed by atoms with van der Waals surface area (Å²) in [5, 5.41) is 6.32. The average Bonchev–Trinajstić information content (AvgIpc) is 2.63. The first-order valence-electron chi connectivity index (χ1n) is 5.18. The van der Waals surface area contributed by atoms with E-state index in [4.69, 9.17) is 16.3 Å². The van der Waals surface area contributed by atoms with Gasteiger partial charge in [0.1, 0.15) is 0 Å². The number of nitrogens with one attached hydrogen (secondary N) is 1. The van der Waals surface area contributed by atoms with Crippen molar-refractivity contribution in [2.24, 2.45) is 0 Å². The first-order valence-corrected chi connectivity index (χ1v) is 6.43. The van der Waals surface area contributed by atoms with E-state index in [0.29, 0.717) is 6.04 Å². The Labute approximate surface area is 101 Å². The summed E-state index contributed by atoms with van der Waals surface area (Å²) in [4.78, 5) is 1.21. The third-order valence-corrected chi connectivity index (χ3v) is 3.85. The maximum absolute atomic E-state index is 6.13. The van der Waals surface area contributed by atoms with Crippen molar-refractivity contribution >= 4 is 22.9 Å². The van der Waals surface area contributed by atoms with Gasteiger partial charge in [-0.25, -0.2) is 0 Å². The Balaban J connectivity index is 2.69. The lowest BCUT2D eigenvalue weighted by Crippen LogP contribution is -2.24. The van der Waals surface area contributed by atoms with Crippen molar-refractivity contribution in [1.82, 2.24) is 5.32 Å². The van der Waals surface area contributed by atoms with Crippen molar-refractivity contribution in [2.45, 2.75) is 32.4 Å². The molecule has 1 N–H and O–H groups in total. The summed E-state index contributed by atoms with van der Waals surface area (Å²) in [6.07, 6.45) is 1.19. The molecule has 4 heteroatoms. The molecule has 0 aliphatic heterocycles. The standard InChI is InChI=1S/C11H18ClNOS/c1-4-13-10(7-8(2)14-3)11-9(12)5-6-15-11/h5-6,8,10,13H,4,7H2,1-3H3. The Morgan fingerprint density at radius 2 is 2.33 bits per heavy atom. The van der Waals surface area contributed by atoms with Crippen LogP contribution in [0.3, 0.4) is 0 Å². The Hall–Kier alpha value is -0.0900. The van der Waals surface area contributed by atoms with Crippen LogP contribution in [0, 0.1) is 0 Å². The van der Waals surface area contributed by atoms with E-state index in [1.807, 2.05) is 11.4 Å². The maximum atomic E-state index is 6.13. The molecule has 1 rings (SSSR count). The minimum Gasteiger partial charge on any atom is -0.382 e. The molecule has 0 saturated heterocycles. The third-order valence-electron chi connectivity index (χ3n) is 2.38. The zero-order valence-corrected chi connectivity index (χ0v) is 11.0. The van der Waals surface area contributed by atoms with Crippen LogP contribution in [0.25, 0.3) is 0 Å². The summed E-state index contributed by atoms with van der Waals surface area (Å²) in [5.41, 5.74) is 0. The minimum absolute atomic E-state index is 0.243. The molecule has 0 aliphatic rings. The molecule has 1 aromatic rings. The number of methoxy groups -OCH3 is 1. The van der Waals surface area contributed by atoms with Crippen LogP contribution in [0.4, 0.5) is 0 Å². The van der Waals surface area contributed by atoms with E-state index >= 15 is 0 Å². The van der Waals surface area contributed by atoms with Crippen LogP contribution in [0.15, 0.2) is 11.4 Å². The Kier molecular flexibility index (Phi) is 5.61. The second-order valence-corrected chi connectivity index (χ2v) is 4.88. The summed E-state index contributed by atoms with van der Waals surface area (Å²) in [5.74, 6) is 0. The molecule has 0 radical (unpaired) electrons. The molecule has 0 bridgehead atoms. The van der Waals surface area contributed by atoms with E-state index < -0.39 is 0 Å². The average molecular weight is 248 g/mol. The fraction of sp³-hybridized carbons (Fsp3) is 0.636. The Morgan fingerprint density at radius 3 is 2.80 bits per heavy atom. The van der Waals surface area contributed by atoms with Gasteiger partial charge in [0.05, 0.1) is 11.1 Å². The van der Waals surface area contributed by atoms with E-state index in [0.717, 1.165) is 18.0 Å². The van der Waals surface area contributed by atoms with E-state index in [2.05, 4.69) is 19.2 Å². The Morgan fingerprint density at radius 1 is 1.60 bits per heavy atom. The van der Waals surface area contributed by atoms with Crippen LogP contribution in [-0.2, 0) is 4.74 Å². The number of hydrogen-bond donors (Lipinski definition) is 1. The van der Waals surface area contributed by atoms with Gasteiger partial charge in [-0.2, -0.15) is 0 Å². The van der Waals surface area contributed by atoms with Gasteiger partial charge < -0.3 is 10.1 Å². The number of hydrogen-bond acceptors (Lipinski definition) is 3. The fourth-order valence-electron chi connectivity index (χ4n) is 1.51. The molecule has 2 atom stereocenters. The summed E-state index contributed by atoms with van der Waals surface area (Å²) in [7, 11) is 1.74. The highest BCUT2D eigenvalue weighted by molar-refractivity contribution is 7.10. The predicted octanol–water partition coefficient (Wildman–Crippen LogP) is 3.48. The van der Waals surface area contributed by atoms with E-state index in [-0.39, 0.29) is 6.10 Å². The van der Waals surface area contributed by atoms with Gasteiger partial charge in [0, 0.05) is 18.0 Å². The zero-order valence-electron chi connectivity index (χ0n) is 9.42. The van der Waals surface area contributed by atoms with Gasteiger partial charge in [-0.1, -0.05) is 18.5 Å². The molecule has 86 valence electrons. The van der Waals surface area contributed by atoms with Crippen molar-refractivity contribution in [3.63, 3.8) is 0 Å². The van der Waals surface area contributed by atoms with Gasteiger partial charge in [-0.15, -0.1) is 11.3 Å². The molecule has 0 amide bonds. The molecule has 1 aromatic heterocycles. The smallest absolute Gasteiger partial charge is 0.0561 e. The molecule has 0 saturated carbocycles. The van der Waals surface area contributed by atoms with Crippen LogP contribution in [0.1, 0.15) is 31.2 Å². The highest BCUT2D eigenvalue weighted by Gasteiger charge is 2.17. The molecular weight excluding hydrogens is 230 g/mol. The lowest BCUT2D eigenvalue weighted by molar-refractivity contribution is 0.101. The van der Waals surface area contributed by atoms with Crippen LogP contribution in [0.2, 0.25) is 5.02 Å². The van der Waals surface area contributed by atoms with Crippen LogP contribution in [0.5, 0.6) is 0 Å². The van der Waals surface area contributed by atoms with Gasteiger partial charge in [-0.3, -0.25) is 0 Å². The number of thiophene rings is 1. The fourth-order valence-corrected chi connectivity index (χ4v) is 2.79. The van der Waals surface area contributed by atoms with Crippen molar-refractivity contribution in [2.75, 3.05) is 13.7 Å². The normalized spacial score (nSPS) is 15.2. The number of halogens is 1. The molecule has 0 aliphatic carbocycles. The van der Waals surface area contributed by atoms with Gasteiger partial charge in [0.15, 0.2) is 0 Å². The molecule has 0 fully saturated rings. The topological polar surface area (TPSA) is 21.3 Å². The monoisotopic (exact) mass is 247 g/mol. The maximum Gasteiger partial charge on any atom is 0.0561 e. The molecule has 0 aromatic carbocycles. The first kappa shape index (κ1) is 13.0. The number of ether oxygens (including phenoxy) is 1. The van der Waals surface area contributed by atoms with Crippen LogP contribution < -0.4 is 5.32 Å². The molecule has 1 heterocycles. The highest BCUT2D eigenvalue weighted by atomic mass is 35.5. The third kappa shape index (κ3) is 3.76. The van der Waals surface area contributed by atoms with Crippen molar-refractivity contribution < 1.29 is 4.74 Å². The predicted molar refractivity (Wildman–Crippen MR) is 66.8 cm³/mol. The van der Waals surface area contributed by atoms with Crippen LogP contribution >= 0.6 is 22.9 Å². The highest BCUT2D eigenvalue weighted by Crippen LogP contribution is 2.31. The van der Waals surface area contributed by atoms with Crippen molar-refractivity contribution in [1.29, 1.82) is 0 Å². The van der Waals surface area contributed by atoms with Gasteiger partial charge in [-0.05, 0) is 31.3 Å². The molecular formula is C11H18ClNOS. The molecule has 15 heavy (non-hydrogen) atoms. The minimum atomic E-state index is 0.243. The second-order valence-electron chi connectivity index (χ2n) is 3.53. The van der Waals surface area contributed by atoms with Crippen LogP contribution in [-0.4, -0.2) is 19.8 Å². The van der Waals surface area contributed by atoms with Crippen molar-refractivity contribution in [3.05, 3.63) is 21.3 Å². The van der Waals surface area contributed by atoms with Gasteiger partial charge in [0.25, 0.3) is 0 Å². The van der Waals surface area contributed by atoms with E-state index in [9.17, 15) is 0 Å². The summed E-state index contributed by atoms with van der Waals surface area (Å²) in [6, 6.07) is 2.25.